The van der Waals surface area contributed by atoms with Crippen molar-refractivity contribution in [2.24, 2.45) is 0 Å². The van der Waals surface area contributed by atoms with Gasteiger partial charge in [-0.1, -0.05) is 18.2 Å². The zero-order valence-corrected chi connectivity index (χ0v) is 10.1. The van der Waals surface area contributed by atoms with Crippen LogP contribution in [-0.2, 0) is 0 Å². The van der Waals surface area contributed by atoms with Crippen molar-refractivity contribution in [1.29, 1.82) is 0 Å². The molecular weight excluding hydrogens is 247 g/mol. The lowest BCUT2D eigenvalue weighted by Gasteiger charge is -2.00. The summed E-state index contributed by atoms with van der Waals surface area (Å²) in [6.45, 7) is 0. The Labute approximate surface area is 107 Å². The van der Waals surface area contributed by atoms with Crippen LogP contribution in [0.4, 0.5) is 5.69 Å². The number of benzene rings is 1. The largest absolute Gasteiger partial charge is 0.412 e. The summed E-state index contributed by atoms with van der Waals surface area (Å²) in [5.74, 6) is 0. The standard InChI is InChI=1S/C11H10N2.2ClH.H2O/c12-11-5-3-9(4-6-11)10-2-1-7-13-8-10;;;/h1-8H,12H2;2*1H;1H2. The van der Waals surface area contributed by atoms with Gasteiger partial charge in [0.05, 0.1) is 0 Å². The highest BCUT2D eigenvalue weighted by atomic mass is 35.5. The van der Waals surface area contributed by atoms with Gasteiger partial charge in [0.15, 0.2) is 0 Å². The van der Waals surface area contributed by atoms with Crippen LogP contribution in [0.25, 0.3) is 11.1 Å². The van der Waals surface area contributed by atoms with Crippen molar-refractivity contribution in [3.8, 4) is 11.1 Å². The van der Waals surface area contributed by atoms with Gasteiger partial charge < -0.3 is 11.2 Å². The molecule has 1 heterocycles. The Balaban J connectivity index is 0. The van der Waals surface area contributed by atoms with Gasteiger partial charge in [-0.25, -0.2) is 0 Å². The lowest BCUT2D eigenvalue weighted by atomic mass is 10.1. The van der Waals surface area contributed by atoms with E-state index in [2.05, 4.69) is 4.98 Å². The molecule has 0 fully saturated rings. The number of nitrogens with two attached hydrogens (primary N) is 1. The number of hydrogen-bond donors (Lipinski definition) is 1. The van der Waals surface area contributed by atoms with Crippen LogP contribution in [0, 0.1) is 0 Å². The smallest absolute Gasteiger partial charge is 0.0346 e. The minimum absolute atomic E-state index is 0. The van der Waals surface area contributed by atoms with Crippen LogP contribution in [0.5, 0.6) is 0 Å². The Bertz CT molecular complexity index is 392. The summed E-state index contributed by atoms with van der Waals surface area (Å²) in [6, 6.07) is 11.7. The van der Waals surface area contributed by atoms with Gasteiger partial charge in [-0.2, -0.15) is 0 Å². The molecule has 0 bridgehead atoms. The quantitative estimate of drug-likeness (QED) is 0.800. The molecule has 3 nitrogen and oxygen atoms in total. The molecule has 0 spiro atoms. The molecule has 16 heavy (non-hydrogen) atoms. The molecule has 0 aliphatic heterocycles. The highest BCUT2D eigenvalue weighted by molar-refractivity contribution is 5.85. The molecule has 2 rings (SSSR count). The molecule has 4 N–H and O–H groups in total. The zero-order valence-electron chi connectivity index (χ0n) is 8.46. The minimum atomic E-state index is 0. The molecule has 0 radical (unpaired) electrons. The summed E-state index contributed by atoms with van der Waals surface area (Å²) >= 11 is 0. The SMILES string of the molecule is Cl.Cl.Nc1ccc(-c2cccnc2)cc1.O. The first-order valence-corrected chi connectivity index (χ1v) is 4.12. The number of anilines is 1. The van der Waals surface area contributed by atoms with E-state index in [1.165, 1.54) is 0 Å². The van der Waals surface area contributed by atoms with Crippen molar-refractivity contribution in [2.75, 3.05) is 5.73 Å². The first kappa shape index (κ1) is 17.1. The molecule has 0 atom stereocenters. The average Bonchev–Trinajstić information content (AvgIpc) is 2.20. The van der Waals surface area contributed by atoms with Gasteiger partial charge >= 0.3 is 0 Å². The minimum Gasteiger partial charge on any atom is -0.412 e. The third-order valence-electron chi connectivity index (χ3n) is 1.91. The molecule has 1 aromatic heterocycles. The predicted molar refractivity (Wildman–Crippen MR) is 72.2 cm³/mol. The first-order valence-electron chi connectivity index (χ1n) is 4.12. The van der Waals surface area contributed by atoms with E-state index in [-0.39, 0.29) is 30.3 Å². The number of halogens is 2. The number of hydrogen-bond acceptors (Lipinski definition) is 2. The first-order chi connectivity index (χ1) is 6.36. The third-order valence-corrected chi connectivity index (χ3v) is 1.91. The molecule has 88 valence electrons. The summed E-state index contributed by atoms with van der Waals surface area (Å²) in [7, 11) is 0. The molecular formula is C11H14Cl2N2O. The summed E-state index contributed by atoms with van der Waals surface area (Å²) < 4.78 is 0. The van der Waals surface area contributed by atoms with Gasteiger partial charge in [0.25, 0.3) is 0 Å². The molecule has 0 aliphatic rings. The fourth-order valence-electron chi connectivity index (χ4n) is 1.21. The van der Waals surface area contributed by atoms with Crippen molar-refractivity contribution in [3.05, 3.63) is 48.8 Å². The topological polar surface area (TPSA) is 70.4 Å². The summed E-state index contributed by atoms with van der Waals surface area (Å²) in [4.78, 5) is 4.05. The lowest BCUT2D eigenvalue weighted by Crippen LogP contribution is -1.84. The van der Waals surface area contributed by atoms with E-state index in [0.29, 0.717) is 0 Å². The van der Waals surface area contributed by atoms with Crippen LogP contribution in [0.3, 0.4) is 0 Å². The van der Waals surface area contributed by atoms with Gasteiger partial charge in [-0.05, 0) is 29.3 Å². The highest BCUT2D eigenvalue weighted by Crippen LogP contribution is 2.18. The van der Waals surface area contributed by atoms with E-state index in [1.807, 2.05) is 42.6 Å². The second-order valence-corrected chi connectivity index (χ2v) is 2.86. The number of rotatable bonds is 1. The van der Waals surface area contributed by atoms with Crippen molar-refractivity contribution >= 4 is 30.5 Å². The molecule has 0 aliphatic carbocycles. The Morgan fingerprint density at radius 2 is 1.50 bits per heavy atom. The van der Waals surface area contributed by atoms with Crippen LogP contribution in [-0.4, -0.2) is 10.5 Å². The van der Waals surface area contributed by atoms with Gasteiger partial charge in [-0.15, -0.1) is 24.8 Å². The fourth-order valence-corrected chi connectivity index (χ4v) is 1.21. The van der Waals surface area contributed by atoms with Crippen LogP contribution in [0.1, 0.15) is 0 Å². The summed E-state index contributed by atoms with van der Waals surface area (Å²) in [6.07, 6.45) is 3.60. The van der Waals surface area contributed by atoms with Crippen molar-refractivity contribution < 1.29 is 5.48 Å². The summed E-state index contributed by atoms with van der Waals surface area (Å²) in [5.41, 5.74) is 8.63. The zero-order chi connectivity index (χ0) is 9.10. The van der Waals surface area contributed by atoms with E-state index in [9.17, 15) is 0 Å². The number of pyridine rings is 1. The van der Waals surface area contributed by atoms with Gasteiger partial charge in [0.2, 0.25) is 0 Å². The van der Waals surface area contributed by atoms with Crippen LogP contribution in [0.15, 0.2) is 48.8 Å². The number of nitrogens with zero attached hydrogens (tertiary/aromatic N) is 1. The second kappa shape index (κ2) is 7.93. The maximum atomic E-state index is 5.59. The molecule has 0 saturated carbocycles. The Morgan fingerprint density at radius 1 is 0.875 bits per heavy atom. The van der Waals surface area contributed by atoms with E-state index < -0.39 is 0 Å². The van der Waals surface area contributed by atoms with Crippen molar-refractivity contribution in [1.82, 2.24) is 4.98 Å². The van der Waals surface area contributed by atoms with E-state index in [0.717, 1.165) is 16.8 Å². The monoisotopic (exact) mass is 260 g/mol. The average molecular weight is 261 g/mol. The highest BCUT2D eigenvalue weighted by Gasteiger charge is 1.94. The van der Waals surface area contributed by atoms with Crippen molar-refractivity contribution in [2.45, 2.75) is 0 Å². The maximum Gasteiger partial charge on any atom is 0.0346 e. The molecule has 5 heteroatoms. The predicted octanol–water partition coefficient (Wildman–Crippen LogP) is 2.35. The summed E-state index contributed by atoms with van der Waals surface area (Å²) in [5, 5.41) is 0. The number of aromatic nitrogens is 1. The van der Waals surface area contributed by atoms with Gasteiger partial charge in [0, 0.05) is 18.1 Å². The Kier molecular flexibility index (Phi) is 8.49. The van der Waals surface area contributed by atoms with E-state index in [1.54, 1.807) is 6.20 Å². The van der Waals surface area contributed by atoms with Gasteiger partial charge in [-0.3, -0.25) is 4.98 Å². The van der Waals surface area contributed by atoms with Crippen molar-refractivity contribution in [3.63, 3.8) is 0 Å². The van der Waals surface area contributed by atoms with E-state index >= 15 is 0 Å². The lowest BCUT2D eigenvalue weighted by molar-refractivity contribution is 0.824. The fraction of sp³-hybridized carbons (Fsp3) is 0. The molecule has 0 saturated heterocycles. The molecule has 1 aromatic carbocycles. The third kappa shape index (κ3) is 4.06. The number of nitrogen functional groups attached to an aromatic ring is 1. The van der Waals surface area contributed by atoms with Crippen LogP contribution < -0.4 is 5.73 Å². The van der Waals surface area contributed by atoms with Crippen LogP contribution in [0.2, 0.25) is 0 Å². The Hall–Kier alpha value is -1.29. The molecule has 2 aromatic rings. The van der Waals surface area contributed by atoms with Gasteiger partial charge in [0.1, 0.15) is 0 Å². The molecule has 0 amide bonds. The second-order valence-electron chi connectivity index (χ2n) is 2.86. The Morgan fingerprint density at radius 3 is 2.00 bits per heavy atom. The normalized spacial score (nSPS) is 8.00. The maximum absolute atomic E-state index is 5.59. The van der Waals surface area contributed by atoms with E-state index in [4.69, 9.17) is 5.73 Å². The molecule has 0 unspecified atom stereocenters. The van der Waals surface area contributed by atoms with Crippen LogP contribution >= 0.6 is 24.8 Å².